The highest BCUT2D eigenvalue weighted by molar-refractivity contribution is 7.90. The lowest BCUT2D eigenvalue weighted by atomic mass is 10.1. The lowest BCUT2D eigenvalue weighted by Gasteiger charge is -2.28. The fraction of sp³-hybridized carbons (Fsp3) is 0.348. The summed E-state index contributed by atoms with van der Waals surface area (Å²) < 4.78 is 117. The Hall–Kier alpha value is -3.61. The Morgan fingerprint density at radius 1 is 1.21 bits per heavy atom. The molecular weight excluding hydrogens is 626 g/mol. The van der Waals surface area contributed by atoms with Gasteiger partial charge >= 0.3 is 29.0 Å². The number of benzene rings is 2. The number of rotatable bonds is 8. The molecule has 0 spiro atoms. The Morgan fingerprint density at radius 3 is 2.55 bits per heavy atom. The zero-order valence-corrected chi connectivity index (χ0v) is 22.9. The molecule has 228 valence electrons. The largest absolute Gasteiger partial charge is 0.493 e. The first-order valence-electron chi connectivity index (χ1n) is 11.7. The van der Waals surface area contributed by atoms with Crippen molar-refractivity contribution < 1.29 is 53.9 Å². The molecule has 0 unspecified atom stereocenters. The van der Waals surface area contributed by atoms with E-state index in [1.54, 1.807) is 0 Å². The van der Waals surface area contributed by atoms with E-state index in [0.29, 0.717) is 16.4 Å². The number of ether oxygens (including phenoxy) is 2. The molecule has 3 aromatic rings. The van der Waals surface area contributed by atoms with Crippen LogP contribution >= 0.6 is 11.6 Å². The molecule has 4 rings (SSSR count). The second-order valence-corrected chi connectivity index (χ2v) is 11.0. The summed E-state index contributed by atoms with van der Waals surface area (Å²) in [5.41, 5.74) is -1.05. The molecule has 1 atom stereocenters. The second kappa shape index (κ2) is 11.6. The first kappa shape index (κ1) is 31.3. The van der Waals surface area contributed by atoms with Crippen LogP contribution < -0.4 is 14.8 Å². The van der Waals surface area contributed by atoms with Crippen LogP contribution in [-0.2, 0) is 31.6 Å². The van der Waals surface area contributed by atoms with Crippen molar-refractivity contribution in [3.63, 3.8) is 0 Å². The van der Waals surface area contributed by atoms with Crippen LogP contribution in [0.5, 0.6) is 11.5 Å². The number of nitrogens with zero attached hydrogens (tertiary/aromatic N) is 4. The molecule has 1 saturated heterocycles. The van der Waals surface area contributed by atoms with E-state index in [0.717, 1.165) is 0 Å². The number of halogens is 7. The molecule has 0 radical (unpaired) electrons. The monoisotopic (exact) mass is 644 g/mol. The van der Waals surface area contributed by atoms with E-state index in [2.05, 4.69) is 14.6 Å². The van der Waals surface area contributed by atoms with Crippen molar-refractivity contribution >= 4 is 44.4 Å². The molecule has 1 aromatic heterocycles. The molecule has 1 aliphatic heterocycles. The van der Waals surface area contributed by atoms with E-state index in [4.69, 9.17) is 16.3 Å². The number of hydrogen-bond donors (Lipinski definition) is 0. The average Bonchev–Trinajstić information content (AvgIpc) is 3.36. The molecule has 42 heavy (non-hydrogen) atoms. The summed E-state index contributed by atoms with van der Waals surface area (Å²) in [6.45, 7) is -3.09. The van der Waals surface area contributed by atoms with Gasteiger partial charge in [0.1, 0.15) is 16.5 Å². The number of fused-ring (bicyclic) bond motifs is 1. The molecular formula is C23H19ClF6N4O7S. The molecule has 0 N–H and O–H groups in total. The second-order valence-electron chi connectivity index (χ2n) is 8.83. The van der Waals surface area contributed by atoms with Gasteiger partial charge in [-0.2, -0.15) is 34.7 Å². The average molecular weight is 645 g/mol. The fourth-order valence-electron chi connectivity index (χ4n) is 4.03. The Kier molecular flexibility index (Phi) is 8.64. The SMILES string of the molecule is Cc1c(Oc2c(F)ccc(N(OC(=O)C(F)(F)F)S(=O)(=O)N3CC[C@@H](OC(F)F)C3)c2Cl)ccc2ncn(C)c(=O)c12. The van der Waals surface area contributed by atoms with Crippen molar-refractivity contribution in [3.05, 3.63) is 57.3 Å². The number of alkyl halides is 5. The summed E-state index contributed by atoms with van der Waals surface area (Å²) in [4.78, 5) is 32.6. The smallest absolute Gasteiger partial charge is 0.452 e. The summed E-state index contributed by atoms with van der Waals surface area (Å²) in [5.74, 6) is -5.25. The maximum atomic E-state index is 14.9. The van der Waals surface area contributed by atoms with Gasteiger partial charge in [-0.1, -0.05) is 16.1 Å². The lowest BCUT2D eigenvalue weighted by Crippen LogP contribution is -2.46. The molecule has 2 aromatic carbocycles. The molecule has 0 aliphatic carbocycles. The van der Waals surface area contributed by atoms with Crippen LogP contribution in [-0.4, -0.2) is 60.2 Å². The van der Waals surface area contributed by atoms with Gasteiger partial charge in [0.05, 0.1) is 23.3 Å². The van der Waals surface area contributed by atoms with Gasteiger partial charge < -0.3 is 18.9 Å². The molecule has 11 nitrogen and oxygen atoms in total. The van der Waals surface area contributed by atoms with Crippen LogP contribution in [0, 0.1) is 12.7 Å². The van der Waals surface area contributed by atoms with Crippen LogP contribution in [0.2, 0.25) is 5.02 Å². The highest BCUT2D eigenvalue weighted by atomic mass is 35.5. The van der Waals surface area contributed by atoms with Crippen LogP contribution in [0.4, 0.5) is 32.0 Å². The molecule has 1 aliphatic rings. The van der Waals surface area contributed by atoms with Crippen molar-refractivity contribution in [3.8, 4) is 11.5 Å². The van der Waals surface area contributed by atoms with E-state index in [1.807, 2.05) is 0 Å². The Labute approximate surface area is 237 Å². The van der Waals surface area contributed by atoms with Crippen LogP contribution in [0.1, 0.15) is 12.0 Å². The topological polar surface area (TPSA) is 120 Å². The third-order valence-corrected chi connectivity index (χ3v) is 8.11. The molecule has 1 fully saturated rings. The van der Waals surface area contributed by atoms with Crippen LogP contribution in [0.3, 0.4) is 0 Å². The summed E-state index contributed by atoms with van der Waals surface area (Å²) in [5, 5.41) is -0.866. The van der Waals surface area contributed by atoms with Crippen LogP contribution in [0.25, 0.3) is 10.9 Å². The highest BCUT2D eigenvalue weighted by Crippen LogP contribution is 2.42. The molecule has 0 saturated carbocycles. The minimum atomic E-state index is -5.69. The normalized spacial score (nSPS) is 16.3. The number of carbonyl (C=O) groups is 1. The summed E-state index contributed by atoms with van der Waals surface area (Å²) in [6.07, 6.45) is -6.02. The molecule has 2 heterocycles. The van der Waals surface area contributed by atoms with Crippen molar-refractivity contribution in [1.82, 2.24) is 13.9 Å². The number of hydrogen-bond acceptors (Lipinski definition) is 8. The molecule has 0 amide bonds. The van der Waals surface area contributed by atoms with Gasteiger partial charge in [0, 0.05) is 25.7 Å². The first-order chi connectivity index (χ1) is 19.5. The van der Waals surface area contributed by atoms with Gasteiger partial charge in [0.2, 0.25) is 0 Å². The van der Waals surface area contributed by atoms with E-state index < -0.39 is 80.5 Å². The van der Waals surface area contributed by atoms with Crippen LogP contribution in [0.15, 0.2) is 35.4 Å². The minimum Gasteiger partial charge on any atom is -0.452 e. The van der Waals surface area contributed by atoms with Crippen molar-refractivity contribution in [2.45, 2.75) is 32.2 Å². The van der Waals surface area contributed by atoms with E-state index >= 15 is 0 Å². The number of anilines is 1. The number of carbonyl (C=O) groups excluding carboxylic acids is 1. The van der Waals surface area contributed by atoms with E-state index in [-0.39, 0.29) is 28.6 Å². The van der Waals surface area contributed by atoms with Crippen molar-refractivity contribution in [2.24, 2.45) is 7.05 Å². The zero-order valence-electron chi connectivity index (χ0n) is 21.4. The third-order valence-electron chi connectivity index (χ3n) is 6.07. The number of aromatic nitrogens is 2. The zero-order chi connectivity index (χ0) is 31.1. The fourth-order valence-corrected chi connectivity index (χ4v) is 5.81. The maximum absolute atomic E-state index is 14.9. The van der Waals surface area contributed by atoms with Gasteiger partial charge in [0.15, 0.2) is 11.6 Å². The highest BCUT2D eigenvalue weighted by Gasteiger charge is 2.47. The summed E-state index contributed by atoms with van der Waals surface area (Å²) >= 11 is 6.23. The first-order valence-corrected chi connectivity index (χ1v) is 13.4. The summed E-state index contributed by atoms with van der Waals surface area (Å²) in [6, 6.07) is 3.83. The number of aryl methyl sites for hydroxylation is 2. The van der Waals surface area contributed by atoms with Gasteiger partial charge in [-0.3, -0.25) is 4.79 Å². The lowest BCUT2D eigenvalue weighted by molar-refractivity contribution is -0.199. The van der Waals surface area contributed by atoms with Gasteiger partial charge in [-0.25, -0.2) is 14.2 Å². The predicted molar refractivity (Wildman–Crippen MR) is 134 cm³/mol. The standard InChI is InChI=1S/C23H19ClF6N4O7S/c1-11-16(6-4-14-17(11)20(35)32(2)10-31-14)40-19-13(25)3-5-15(18(19)24)34(41-21(36)23(28,29)30)42(37,38)33-8-7-12(9-33)39-22(26)27/h3-6,10,12,22H,7-9H2,1-2H3/t12-/m1/s1. The van der Waals surface area contributed by atoms with Crippen molar-refractivity contribution in [1.29, 1.82) is 0 Å². The van der Waals surface area contributed by atoms with E-state index in [1.165, 1.54) is 37.0 Å². The van der Waals surface area contributed by atoms with E-state index in [9.17, 15) is 44.3 Å². The quantitative estimate of drug-likeness (QED) is 0.264. The van der Waals surface area contributed by atoms with Gasteiger partial charge in [0.25, 0.3) is 5.56 Å². The third kappa shape index (κ3) is 6.11. The molecule has 19 heteroatoms. The maximum Gasteiger partial charge on any atom is 0.493 e. The predicted octanol–water partition coefficient (Wildman–Crippen LogP) is 4.21. The van der Waals surface area contributed by atoms with Gasteiger partial charge in [-0.05, 0) is 37.6 Å². The Balaban J connectivity index is 1.79. The Morgan fingerprint density at radius 2 is 1.90 bits per heavy atom. The molecule has 0 bridgehead atoms. The van der Waals surface area contributed by atoms with Gasteiger partial charge in [-0.15, -0.1) is 0 Å². The summed E-state index contributed by atoms with van der Waals surface area (Å²) in [7, 11) is -3.83. The minimum absolute atomic E-state index is 0.0862. The van der Waals surface area contributed by atoms with Crippen molar-refractivity contribution in [2.75, 3.05) is 17.6 Å². The Bertz CT molecular complexity index is 1700.